The standard InChI is InChI=1S/C16H14N4O2/c1-11-19-20-16(22-11)14(12-5-3-2-4-6-12)18-15(21)13-7-9-17-10-8-13/h2-10,14H,1H3,(H,18,21). The van der Waals surface area contributed by atoms with Gasteiger partial charge in [0, 0.05) is 24.9 Å². The third-order valence-corrected chi connectivity index (χ3v) is 3.14. The third-order valence-electron chi connectivity index (χ3n) is 3.14. The van der Waals surface area contributed by atoms with Gasteiger partial charge in [-0.3, -0.25) is 9.78 Å². The van der Waals surface area contributed by atoms with Gasteiger partial charge in [0.15, 0.2) is 0 Å². The predicted molar refractivity (Wildman–Crippen MR) is 79.0 cm³/mol. The molecular formula is C16H14N4O2. The Balaban J connectivity index is 1.91. The van der Waals surface area contributed by atoms with E-state index in [9.17, 15) is 4.79 Å². The van der Waals surface area contributed by atoms with Crippen molar-refractivity contribution in [1.29, 1.82) is 0 Å². The molecule has 3 aromatic rings. The average Bonchev–Trinajstić information content (AvgIpc) is 3.00. The zero-order valence-electron chi connectivity index (χ0n) is 11.9. The molecule has 22 heavy (non-hydrogen) atoms. The number of benzene rings is 1. The van der Waals surface area contributed by atoms with Crippen LogP contribution in [0.15, 0.2) is 59.3 Å². The van der Waals surface area contributed by atoms with Crippen molar-refractivity contribution in [2.75, 3.05) is 0 Å². The van der Waals surface area contributed by atoms with Gasteiger partial charge in [0.1, 0.15) is 6.04 Å². The summed E-state index contributed by atoms with van der Waals surface area (Å²) in [6.45, 7) is 1.71. The second-order valence-corrected chi connectivity index (χ2v) is 4.71. The minimum atomic E-state index is -0.497. The van der Waals surface area contributed by atoms with Crippen LogP contribution in [0.5, 0.6) is 0 Å². The van der Waals surface area contributed by atoms with E-state index in [1.165, 1.54) is 0 Å². The summed E-state index contributed by atoms with van der Waals surface area (Å²) in [5.41, 5.74) is 1.39. The number of aromatic nitrogens is 3. The highest BCUT2D eigenvalue weighted by molar-refractivity contribution is 5.94. The first-order valence-corrected chi connectivity index (χ1v) is 6.80. The first-order chi connectivity index (χ1) is 10.7. The van der Waals surface area contributed by atoms with Gasteiger partial charge in [-0.05, 0) is 17.7 Å². The molecule has 6 nitrogen and oxygen atoms in total. The molecule has 0 bridgehead atoms. The van der Waals surface area contributed by atoms with E-state index < -0.39 is 6.04 Å². The lowest BCUT2D eigenvalue weighted by Gasteiger charge is -2.15. The van der Waals surface area contributed by atoms with Gasteiger partial charge in [0.25, 0.3) is 5.91 Å². The van der Waals surface area contributed by atoms with Crippen LogP contribution in [-0.2, 0) is 0 Å². The summed E-state index contributed by atoms with van der Waals surface area (Å²) in [6.07, 6.45) is 3.15. The molecule has 0 radical (unpaired) electrons. The van der Waals surface area contributed by atoms with Gasteiger partial charge in [-0.2, -0.15) is 0 Å². The zero-order valence-corrected chi connectivity index (χ0v) is 11.9. The molecule has 1 amide bonds. The number of hydrogen-bond acceptors (Lipinski definition) is 5. The maximum absolute atomic E-state index is 12.4. The molecule has 1 N–H and O–H groups in total. The second kappa shape index (κ2) is 6.17. The number of hydrogen-bond donors (Lipinski definition) is 1. The van der Waals surface area contributed by atoms with E-state index in [0.717, 1.165) is 5.56 Å². The first-order valence-electron chi connectivity index (χ1n) is 6.80. The number of carbonyl (C=O) groups excluding carboxylic acids is 1. The number of nitrogens with zero attached hydrogens (tertiary/aromatic N) is 3. The normalized spacial score (nSPS) is 11.9. The van der Waals surface area contributed by atoms with Crippen LogP contribution in [0.3, 0.4) is 0 Å². The monoisotopic (exact) mass is 294 g/mol. The van der Waals surface area contributed by atoms with Crippen molar-refractivity contribution >= 4 is 5.91 Å². The van der Waals surface area contributed by atoms with E-state index in [2.05, 4.69) is 20.5 Å². The summed E-state index contributed by atoms with van der Waals surface area (Å²) in [5, 5.41) is 10.8. The Bertz CT molecular complexity index is 756. The van der Waals surface area contributed by atoms with Crippen LogP contribution < -0.4 is 5.32 Å². The van der Waals surface area contributed by atoms with Crippen molar-refractivity contribution in [2.24, 2.45) is 0 Å². The topological polar surface area (TPSA) is 80.9 Å². The number of rotatable bonds is 4. The molecule has 1 aromatic carbocycles. The Morgan fingerprint density at radius 3 is 2.45 bits per heavy atom. The van der Waals surface area contributed by atoms with Crippen LogP contribution in [0.25, 0.3) is 0 Å². The zero-order chi connectivity index (χ0) is 15.4. The largest absolute Gasteiger partial charge is 0.423 e. The molecule has 0 fully saturated rings. The van der Waals surface area contributed by atoms with E-state index in [1.54, 1.807) is 31.5 Å². The molecule has 1 atom stereocenters. The highest BCUT2D eigenvalue weighted by Gasteiger charge is 2.22. The lowest BCUT2D eigenvalue weighted by molar-refractivity contribution is 0.0937. The molecule has 0 aliphatic heterocycles. The van der Waals surface area contributed by atoms with Crippen molar-refractivity contribution in [3.63, 3.8) is 0 Å². The number of carbonyl (C=O) groups is 1. The van der Waals surface area contributed by atoms with Gasteiger partial charge in [-0.1, -0.05) is 30.3 Å². The Morgan fingerprint density at radius 2 is 1.82 bits per heavy atom. The number of amides is 1. The fourth-order valence-electron chi connectivity index (χ4n) is 2.08. The molecule has 6 heteroatoms. The van der Waals surface area contributed by atoms with E-state index in [-0.39, 0.29) is 5.91 Å². The Labute approximate surface area is 127 Å². The smallest absolute Gasteiger partial charge is 0.252 e. The van der Waals surface area contributed by atoms with Crippen molar-refractivity contribution in [3.05, 3.63) is 77.8 Å². The fraction of sp³-hybridized carbons (Fsp3) is 0.125. The highest BCUT2D eigenvalue weighted by Crippen LogP contribution is 2.21. The summed E-state index contributed by atoms with van der Waals surface area (Å²) in [5.74, 6) is 0.576. The van der Waals surface area contributed by atoms with Gasteiger partial charge in [-0.15, -0.1) is 10.2 Å². The number of pyridine rings is 1. The van der Waals surface area contributed by atoms with Crippen LogP contribution in [-0.4, -0.2) is 21.1 Å². The minimum Gasteiger partial charge on any atom is -0.423 e. The number of aryl methyl sites for hydroxylation is 1. The number of nitrogens with one attached hydrogen (secondary N) is 1. The van der Waals surface area contributed by atoms with Crippen molar-refractivity contribution in [3.8, 4) is 0 Å². The first kappa shape index (κ1) is 13.9. The van der Waals surface area contributed by atoms with Crippen molar-refractivity contribution in [2.45, 2.75) is 13.0 Å². The predicted octanol–water partition coefficient (Wildman–Crippen LogP) is 2.29. The molecule has 0 saturated carbocycles. The maximum Gasteiger partial charge on any atom is 0.252 e. The van der Waals surface area contributed by atoms with E-state index in [0.29, 0.717) is 17.3 Å². The summed E-state index contributed by atoms with van der Waals surface area (Å²) in [7, 11) is 0. The maximum atomic E-state index is 12.4. The molecule has 0 aliphatic carbocycles. The van der Waals surface area contributed by atoms with Gasteiger partial charge < -0.3 is 9.73 Å². The molecule has 2 heterocycles. The molecule has 110 valence electrons. The van der Waals surface area contributed by atoms with Gasteiger partial charge >= 0.3 is 0 Å². The Morgan fingerprint density at radius 1 is 1.09 bits per heavy atom. The van der Waals surface area contributed by atoms with Crippen molar-refractivity contribution < 1.29 is 9.21 Å². The van der Waals surface area contributed by atoms with Crippen LogP contribution in [0.1, 0.15) is 33.7 Å². The Kier molecular flexibility index (Phi) is 3.91. The van der Waals surface area contributed by atoms with Crippen LogP contribution in [0, 0.1) is 6.92 Å². The van der Waals surface area contributed by atoms with Gasteiger partial charge in [0.2, 0.25) is 11.8 Å². The molecule has 0 spiro atoms. The summed E-state index contributed by atoms with van der Waals surface area (Å²) >= 11 is 0. The summed E-state index contributed by atoms with van der Waals surface area (Å²) in [4.78, 5) is 16.3. The lowest BCUT2D eigenvalue weighted by Crippen LogP contribution is -2.29. The molecule has 2 aromatic heterocycles. The highest BCUT2D eigenvalue weighted by atomic mass is 16.4. The van der Waals surface area contributed by atoms with Gasteiger partial charge in [-0.25, -0.2) is 0 Å². The van der Waals surface area contributed by atoms with E-state index in [1.807, 2.05) is 30.3 Å². The Hall–Kier alpha value is -3.02. The van der Waals surface area contributed by atoms with Gasteiger partial charge in [0.05, 0.1) is 0 Å². The molecular weight excluding hydrogens is 280 g/mol. The fourth-order valence-corrected chi connectivity index (χ4v) is 2.08. The molecule has 0 aliphatic rings. The molecule has 1 unspecified atom stereocenters. The van der Waals surface area contributed by atoms with Crippen LogP contribution in [0.2, 0.25) is 0 Å². The second-order valence-electron chi connectivity index (χ2n) is 4.71. The van der Waals surface area contributed by atoms with Crippen molar-refractivity contribution in [1.82, 2.24) is 20.5 Å². The average molecular weight is 294 g/mol. The quantitative estimate of drug-likeness (QED) is 0.798. The lowest BCUT2D eigenvalue weighted by atomic mass is 10.1. The third kappa shape index (κ3) is 3.01. The summed E-state index contributed by atoms with van der Waals surface area (Å²) in [6, 6.07) is 12.3. The van der Waals surface area contributed by atoms with Crippen LogP contribution in [0.4, 0.5) is 0 Å². The molecule has 0 saturated heterocycles. The van der Waals surface area contributed by atoms with E-state index in [4.69, 9.17) is 4.42 Å². The van der Waals surface area contributed by atoms with Crippen LogP contribution >= 0.6 is 0 Å². The summed E-state index contributed by atoms with van der Waals surface area (Å²) < 4.78 is 5.49. The minimum absolute atomic E-state index is 0.230. The molecule has 3 rings (SSSR count). The van der Waals surface area contributed by atoms with E-state index >= 15 is 0 Å². The SMILES string of the molecule is Cc1nnc(C(NC(=O)c2ccncc2)c2ccccc2)o1.